The minimum Gasteiger partial charge on any atom is -0.342 e. The van der Waals surface area contributed by atoms with Crippen molar-refractivity contribution in [1.29, 1.82) is 0 Å². The Balaban J connectivity index is 1.59. The summed E-state index contributed by atoms with van der Waals surface area (Å²) in [5.74, 6) is 1.78. The Bertz CT molecular complexity index is 766. The van der Waals surface area contributed by atoms with Gasteiger partial charge in [-0.15, -0.1) is 11.3 Å². The van der Waals surface area contributed by atoms with E-state index in [9.17, 15) is 9.59 Å². The van der Waals surface area contributed by atoms with Gasteiger partial charge in [0.2, 0.25) is 5.91 Å². The van der Waals surface area contributed by atoms with Crippen LogP contribution in [0.2, 0.25) is 0 Å². The Morgan fingerprint density at radius 3 is 2.59 bits per heavy atom. The van der Waals surface area contributed by atoms with Crippen molar-refractivity contribution in [2.24, 2.45) is 11.8 Å². The normalized spacial score (nSPS) is 15.6. The van der Waals surface area contributed by atoms with Gasteiger partial charge in [0, 0.05) is 25.4 Å². The summed E-state index contributed by atoms with van der Waals surface area (Å²) < 4.78 is 1.68. The molecule has 1 fully saturated rings. The van der Waals surface area contributed by atoms with Gasteiger partial charge < -0.3 is 4.90 Å². The van der Waals surface area contributed by atoms with Gasteiger partial charge in [-0.25, -0.2) is 14.5 Å². The molecule has 6 nitrogen and oxygen atoms in total. The van der Waals surface area contributed by atoms with Crippen molar-refractivity contribution in [3.05, 3.63) is 33.8 Å². The van der Waals surface area contributed by atoms with Crippen molar-refractivity contribution in [3.63, 3.8) is 0 Å². The summed E-state index contributed by atoms with van der Waals surface area (Å²) in [5.41, 5.74) is -0.179. The molecule has 1 aliphatic heterocycles. The molecule has 0 aliphatic carbocycles. The van der Waals surface area contributed by atoms with Crippen LogP contribution in [0.5, 0.6) is 0 Å². The van der Waals surface area contributed by atoms with Gasteiger partial charge in [-0.05, 0) is 49.1 Å². The highest BCUT2D eigenvalue weighted by molar-refractivity contribution is 7.12. The van der Waals surface area contributed by atoms with Crippen LogP contribution in [-0.2, 0) is 11.2 Å². The summed E-state index contributed by atoms with van der Waals surface area (Å²) in [6.45, 7) is 5.94. The Hall–Kier alpha value is -1.89. The number of nitrogens with one attached hydrogen (secondary N) is 1. The zero-order valence-corrected chi connectivity index (χ0v) is 17.1. The number of rotatable bonds is 8. The molecular weight excluding hydrogens is 360 g/mol. The van der Waals surface area contributed by atoms with Crippen molar-refractivity contribution in [2.45, 2.75) is 58.8 Å². The Morgan fingerprint density at radius 1 is 1.30 bits per heavy atom. The van der Waals surface area contributed by atoms with E-state index in [4.69, 9.17) is 0 Å². The first-order chi connectivity index (χ1) is 13.1. The van der Waals surface area contributed by atoms with E-state index in [2.05, 4.69) is 28.9 Å². The number of carbonyl (C=O) groups is 1. The van der Waals surface area contributed by atoms with E-state index < -0.39 is 0 Å². The maximum absolute atomic E-state index is 12.8. The van der Waals surface area contributed by atoms with E-state index in [-0.39, 0.29) is 11.6 Å². The number of H-pyrrole nitrogens is 1. The summed E-state index contributed by atoms with van der Waals surface area (Å²) in [4.78, 5) is 27.0. The molecule has 1 saturated heterocycles. The monoisotopic (exact) mass is 390 g/mol. The highest BCUT2D eigenvalue weighted by Gasteiger charge is 2.28. The molecule has 0 unspecified atom stereocenters. The van der Waals surface area contributed by atoms with Crippen LogP contribution in [-0.4, -0.2) is 38.7 Å². The molecular formula is C20H30N4O2S. The maximum Gasteiger partial charge on any atom is 0.348 e. The molecule has 7 heteroatoms. The highest BCUT2D eigenvalue weighted by Crippen LogP contribution is 2.25. The number of hydrogen-bond donors (Lipinski definition) is 1. The van der Waals surface area contributed by atoms with E-state index in [1.807, 2.05) is 17.5 Å². The molecule has 27 heavy (non-hydrogen) atoms. The second-order valence-corrected chi connectivity index (χ2v) is 8.40. The summed E-state index contributed by atoms with van der Waals surface area (Å²) >= 11 is 1.54. The van der Waals surface area contributed by atoms with Gasteiger partial charge in [-0.3, -0.25) is 4.79 Å². The molecule has 1 amide bonds. The number of likely N-dealkylation sites (tertiary alicyclic amines) is 1. The fourth-order valence-electron chi connectivity index (χ4n) is 4.05. The molecule has 0 spiro atoms. The molecule has 1 aliphatic rings. The van der Waals surface area contributed by atoms with Gasteiger partial charge in [-0.2, -0.15) is 5.10 Å². The topological polar surface area (TPSA) is 71.0 Å². The molecule has 1 N–H and O–H groups in total. The number of amides is 1. The maximum atomic E-state index is 12.8. The molecule has 0 bridgehead atoms. The number of carbonyl (C=O) groups excluding carboxylic acids is 1. The lowest BCUT2D eigenvalue weighted by Gasteiger charge is -2.34. The van der Waals surface area contributed by atoms with Gasteiger partial charge in [-0.1, -0.05) is 26.7 Å². The summed E-state index contributed by atoms with van der Waals surface area (Å²) in [6.07, 6.45) is 6.83. The average Bonchev–Trinajstić information content (AvgIpc) is 3.31. The van der Waals surface area contributed by atoms with E-state index in [1.165, 1.54) is 11.3 Å². The first kappa shape index (κ1) is 19.9. The minimum atomic E-state index is -0.179. The van der Waals surface area contributed by atoms with E-state index in [0.29, 0.717) is 11.8 Å². The Morgan fingerprint density at radius 2 is 2.00 bits per heavy atom. The van der Waals surface area contributed by atoms with Gasteiger partial charge >= 0.3 is 5.69 Å². The predicted octanol–water partition coefficient (Wildman–Crippen LogP) is 3.62. The molecule has 0 radical (unpaired) electrons. The first-order valence-electron chi connectivity index (χ1n) is 10.1. The summed E-state index contributed by atoms with van der Waals surface area (Å²) in [6, 6.07) is 3.88. The van der Waals surface area contributed by atoms with E-state index in [0.717, 1.165) is 68.9 Å². The van der Waals surface area contributed by atoms with E-state index in [1.54, 1.807) is 4.57 Å². The van der Waals surface area contributed by atoms with Crippen LogP contribution in [0.4, 0.5) is 0 Å². The molecule has 3 rings (SSSR count). The van der Waals surface area contributed by atoms with Crippen LogP contribution in [0.3, 0.4) is 0 Å². The van der Waals surface area contributed by atoms with Gasteiger partial charge in [0.1, 0.15) is 10.8 Å². The van der Waals surface area contributed by atoms with Crippen LogP contribution in [0.25, 0.3) is 5.00 Å². The third kappa shape index (κ3) is 4.69. The third-order valence-corrected chi connectivity index (χ3v) is 6.34. The lowest BCUT2D eigenvalue weighted by atomic mass is 9.91. The SMILES string of the molecule is CCCC(CCC)C(=O)N1CCC(Cc2n[nH]c(=O)n2-c2cccs2)CC1. The number of aromatic nitrogens is 3. The fraction of sp³-hybridized carbons (Fsp3) is 0.650. The number of aromatic amines is 1. The van der Waals surface area contributed by atoms with E-state index >= 15 is 0 Å². The first-order valence-corrected chi connectivity index (χ1v) is 11.0. The average molecular weight is 391 g/mol. The van der Waals surface area contributed by atoms with Gasteiger partial charge in [0.05, 0.1) is 0 Å². The minimum absolute atomic E-state index is 0.179. The van der Waals surface area contributed by atoms with Gasteiger partial charge in [0.15, 0.2) is 0 Å². The smallest absolute Gasteiger partial charge is 0.342 e. The summed E-state index contributed by atoms with van der Waals surface area (Å²) in [7, 11) is 0. The molecule has 2 aromatic rings. The van der Waals surface area contributed by atoms with Crippen LogP contribution in [0.15, 0.2) is 22.3 Å². The fourth-order valence-corrected chi connectivity index (χ4v) is 4.80. The van der Waals surface area contributed by atoms with Crippen LogP contribution in [0, 0.1) is 11.8 Å². The Kier molecular flexibility index (Phi) is 6.88. The zero-order chi connectivity index (χ0) is 19.2. The van der Waals surface area contributed by atoms with Crippen molar-refractivity contribution in [1.82, 2.24) is 19.7 Å². The van der Waals surface area contributed by atoms with Crippen molar-refractivity contribution in [2.75, 3.05) is 13.1 Å². The largest absolute Gasteiger partial charge is 0.348 e. The quantitative estimate of drug-likeness (QED) is 0.748. The second kappa shape index (κ2) is 9.35. The van der Waals surface area contributed by atoms with Crippen LogP contribution in [0.1, 0.15) is 58.2 Å². The van der Waals surface area contributed by atoms with Crippen LogP contribution < -0.4 is 5.69 Å². The molecule has 0 aromatic carbocycles. The molecule has 0 saturated carbocycles. The van der Waals surface area contributed by atoms with Crippen molar-refractivity contribution < 1.29 is 4.79 Å². The number of thiophene rings is 1. The number of piperidine rings is 1. The molecule has 3 heterocycles. The Labute approximate surface area is 164 Å². The second-order valence-electron chi connectivity index (χ2n) is 7.48. The van der Waals surface area contributed by atoms with Crippen LogP contribution >= 0.6 is 11.3 Å². The third-order valence-electron chi connectivity index (χ3n) is 5.49. The van der Waals surface area contributed by atoms with Crippen molar-refractivity contribution >= 4 is 17.2 Å². The highest BCUT2D eigenvalue weighted by atomic mass is 32.1. The number of hydrogen-bond acceptors (Lipinski definition) is 4. The molecule has 0 atom stereocenters. The molecule has 2 aromatic heterocycles. The molecule has 148 valence electrons. The summed E-state index contributed by atoms with van der Waals surface area (Å²) in [5, 5.41) is 9.70. The lowest BCUT2D eigenvalue weighted by molar-refractivity contribution is -0.137. The standard InChI is InChI=1S/C20H30N4O2S/c1-3-6-16(7-4-2)19(25)23-11-9-15(10-12-23)14-17-21-22-20(26)24(17)18-8-5-13-27-18/h5,8,13,15-16H,3-4,6-7,9-12,14H2,1-2H3,(H,22,26). The number of nitrogens with zero attached hydrogens (tertiary/aromatic N) is 3. The lowest BCUT2D eigenvalue weighted by Crippen LogP contribution is -2.42. The zero-order valence-electron chi connectivity index (χ0n) is 16.3. The van der Waals surface area contributed by atoms with Gasteiger partial charge in [0.25, 0.3) is 0 Å². The van der Waals surface area contributed by atoms with Crippen molar-refractivity contribution in [3.8, 4) is 5.00 Å². The predicted molar refractivity (Wildman–Crippen MR) is 108 cm³/mol.